The summed E-state index contributed by atoms with van der Waals surface area (Å²) in [4.78, 5) is 16.0. The highest BCUT2D eigenvalue weighted by molar-refractivity contribution is 7.10. The van der Waals surface area contributed by atoms with E-state index in [9.17, 15) is 0 Å². The van der Waals surface area contributed by atoms with Crippen molar-refractivity contribution in [2.75, 3.05) is 23.3 Å². The van der Waals surface area contributed by atoms with Crippen LogP contribution in [0, 0.1) is 0 Å². The van der Waals surface area contributed by atoms with Gasteiger partial charge in [0, 0.05) is 18.0 Å². The lowest BCUT2D eigenvalue weighted by Gasteiger charge is -2.19. The van der Waals surface area contributed by atoms with Gasteiger partial charge in [0.05, 0.1) is 6.04 Å². The average molecular weight is 312 g/mol. The van der Waals surface area contributed by atoms with Crippen molar-refractivity contribution in [2.24, 2.45) is 0 Å². The maximum atomic E-state index is 5.99. The summed E-state index contributed by atoms with van der Waals surface area (Å²) in [5.41, 5.74) is 0. The monoisotopic (exact) mass is 311 g/mol. The Kier molecular flexibility index (Phi) is 5.14. The number of halogens is 1. The summed E-state index contributed by atoms with van der Waals surface area (Å²) in [6.07, 6.45) is 0. The van der Waals surface area contributed by atoms with Crippen molar-refractivity contribution in [3.8, 4) is 0 Å². The van der Waals surface area contributed by atoms with E-state index in [0.29, 0.717) is 11.9 Å². The maximum absolute atomic E-state index is 5.99. The van der Waals surface area contributed by atoms with E-state index < -0.39 is 0 Å². The summed E-state index contributed by atoms with van der Waals surface area (Å²) in [5.74, 6) is 1.11. The van der Waals surface area contributed by atoms with Crippen LogP contribution in [0.3, 0.4) is 0 Å². The maximum Gasteiger partial charge on any atom is 0.231 e. The minimum atomic E-state index is 0.137. The van der Waals surface area contributed by atoms with Crippen molar-refractivity contribution in [3.63, 3.8) is 0 Å². The summed E-state index contributed by atoms with van der Waals surface area (Å²) in [5, 5.41) is 5.53. The van der Waals surface area contributed by atoms with Crippen molar-refractivity contribution >= 4 is 34.8 Å². The first-order valence-electron chi connectivity index (χ1n) is 6.60. The second kappa shape index (κ2) is 6.85. The van der Waals surface area contributed by atoms with E-state index in [1.807, 2.05) is 11.0 Å². The topological polar surface area (TPSA) is 53.9 Å². The molecule has 0 spiro atoms. The van der Waals surface area contributed by atoms with E-state index in [2.05, 4.69) is 52.5 Å². The van der Waals surface area contributed by atoms with Gasteiger partial charge in [0.2, 0.25) is 17.2 Å². The number of anilines is 2. The standard InChI is InChI=1S/C13H18ClN5S/c1-4-19(5-2)13-17-11(14)16-12(18-13)15-9(3)10-7-6-8-20-10/h6-9H,4-5H2,1-3H3,(H,15,16,17,18). The summed E-state index contributed by atoms with van der Waals surface area (Å²) in [6, 6.07) is 4.24. The van der Waals surface area contributed by atoms with Gasteiger partial charge in [-0.2, -0.15) is 15.0 Å². The van der Waals surface area contributed by atoms with Gasteiger partial charge in [-0.25, -0.2) is 0 Å². The molecule has 1 atom stereocenters. The Hall–Kier alpha value is -1.40. The molecule has 0 aromatic carbocycles. The number of rotatable bonds is 6. The molecule has 1 N–H and O–H groups in total. The molecule has 5 nitrogen and oxygen atoms in total. The van der Waals surface area contributed by atoms with Crippen LogP contribution < -0.4 is 10.2 Å². The lowest BCUT2D eigenvalue weighted by atomic mass is 10.3. The molecule has 2 rings (SSSR count). The van der Waals surface area contributed by atoms with Crippen LogP contribution in [0.25, 0.3) is 0 Å². The summed E-state index contributed by atoms with van der Waals surface area (Å²) in [6.45, 7) is 7.85. The van der Waals surface area contributed by atoms with Gasteiger partial charge < -0.3 is 10.2 Å². The fourth-order valence-corrected chi connectivity index (χ4v) is 2.74. The molecule has 0 fully saturated rings. The largest absolute Gasteiger partial charge is 0.347 e. The van der Waals surface area contributed by atoms with Gasteiger partial charge in [-0.3, -0.25) is 0 Å². The summed E-state index contributed by atoms with van der Waals surface area (Å²) >= 11 is 7.69. The molecule has 0 bridgehead atoms. The van der Waals surface area contributed by atoms with Crippen molar-refractivity contribution in [1.82, 2.24) is 15.0 Å². The molecular weight excluding hydrogens is 294 g/mol. The molecular formula is C13H18ClN5S. The molecule has 2 aromatic heterocycles. The molecule has 2 heterocycles. The molecule has 0 aliphatic heterocycles. The second-order valence-corrected chi connectivity index (χ2v) is 5.60. The van der Waals surface area contributed by atoms with Crippen molar-refractivity contribution < 1.29 is 0 Å². The number of hydrogen-bond donors (Lipinski definition) is 1. The van der Waals surface area contributed by atoms with Crippen LogP contribution >= 0.6 is 22.9 Å². The lowest BCUT2D eigenvalue weighted by molar-refractivity contribution is 0.802. The highest BCUT2D eigenvalue weighted by atomic mass is 35.5. The summed E-state index contributed by atoms with van der Waals surface area (Å²) in [7, 11) is 0. The van der Waals surface area contributed by atoms with Gasteiger partial charge in [-0.15, -0.1) is 11.3 Å². The quantitative estimate of drug-likeness (QED) is 0.883. The minimum absolute atomic E-state index is 0.137. The molecule has 2 aromatic rings. The van der Waals surface area contributed by atoms with Crippen LogP contribution in [0.5, 0.6) is 0 Å². The lowest BCUT2D eigenvalue weighted by Crippen LogP contribution is -2.25. The minimum Gasteiger partial charge on any atom is -0.347 e. The molecule has 0 radical (unpaired) electrons. The predicted molar refractivity (Wildman–Crippen MR) is 84.8 cm³/mol. The first kappa shape index (κ1) is 15.0. The van der Waals surface area contributed by atoms with E-state index in [1.165, 1.54) is 4.88 Å². The molecule has 7 heteroatoms. The van der Waals surface area contributed by atoms with Gasteiger partial charge >= 0.3 is 0 Å². The predicted octanol–water partition coefficient (Wildman–Crippen LogP) is 3.61. The fraction of sp³-hybridized carbons (Fsp3) is 0.462. The summed E-state index contributed by atoms with van der Waals surface area (Å²) < 4.78 is 0. The van der Waals surface area contributed by atoms with Crippen LogP contribution in [0.15, 0.2) is 17.5 Å². The molecule has 0 aliphatic rings. The SMILES string of the molecule is CCN(CC)c1nc(Cl)nc(NC(C)c2cccs2)n1. The van der Waals surface area contributed by atoms with E-state index in [-0.39, 0.29) is 11.3 Å². The van der Waals surface area contributed by atoms with Gasteiger partial charge in [-0.05, 0) is 43.8 Å². The van der Waals surface area contributed by atoms with Gasteiger partial charge in [0.1, 0.15) is 0 Å². The van der Waals surface area contributed by atoms with Crippen LogP contribution in [0.2, 0.25) is 5.28 Å². The third-order valence-electron chi connectivity index (χ3n) is 2.96. The molecule has 0 saturated heterocycles. The second-order valence-electron chi connectivity index (χ2n) is 4.28. The Balaban J connectivity index is 2.19. The third kappa shape index (κ3) is 3.58. The Labute approximate surface area is 128 Å². The Bertz CT molecular complexity index is 542. The normalized spacial score (nSPS) is 12.2. The molecule has 108 valence electrons. The Morgan fingerprint density at radius 1 is 1.30 bits per heavy atom. The van der Waals surface area contributed by atoms with E-state index in [4.69, 9.17) is 11.6 Å². The van der Waals surface area contributed by atoms with Crippen LogP contribution in [0.1, 0.15) is 31.7 Å². The molecule has 0 saturated carbocycles. The Morgan fingerprint density at radius 2 is 2.05 bits per heavy atom. The first-order valence-corrected chi connectivity index (χ1v) is 7.86. The molecule has 0 amide bonds. The van der Waals surface area contributed by atoms with Crippen molar-refractivity contribution in [3.05, 3.63) is 27.7 Å². The van der Waals surface area contributed by atoms with E-state index in [0.717, 1.165) is 13.1 Å². The number of hydrogen-bond acceptors (Lipinski definition) is 6. The molecule has 20 heavy (non-hydrogen) atoms. The highest BCUT2D eigenvalue weighted by Gasteiger charge is 2.13. The number of nitrogens with one attached hydrogen (secondary N) is 1. The van der Waals surface area contributed by atoms with Crippen LogP contribution in [-0.2, 0) is 0 Å². The van der Waals surface area contributed by atoms with Crippen LogP contribution in [-0.4, -0.2) is 28.0 Å². The van der Waals surface area contributed by atoms with Gasteiger partial charge in [0.15, 0.2) is 0 Å². The molecule has 0 aliphatic carbocycles. The number of thiophene rings is 1. The van der Waals surface area contributed by atoms with Gasteiger partial charge in [0.25, 0.3) is 0 Å². The van der Waals surface area contributed by atoms with Crippen molar-refractivity contribution in [2.45, 2.75) is 26.8 Å². The molecule has 1 unspecified atom stereocenters. The van der Waals surface area contributed by atoms with E-state index >= 15 is 0 Å². The zero-order chi connectivity index (χ0) is 14.5. The Morgan fingerprint density at radius 3 is 2.65 bits per heavy atom. The average Bonchev–Trinajstić information content (AvgIpc) is 2.93. The number of nitrogens with zero attached hydrogens (tertiary/aromatic N) is 4. The van der Waals surface area contributed by atoms with Crippen LogP contribution in [0.4, 0.5) is 11.9 Å². The fourth-order valence-electron chi connectivity index (χ4n) is 1.85. The smallest absolute Gasteiger partial charge is 0.231 e. The van der Waals surface area contributed by atoms with Crippen molar-refractivity contribution in [1.29, 1.82) is 0 Å². The van der Waals surface area contributed by atoms with E-state index in [1.54, 1.807) is 11.3 Å². The number of aromatic nitrogens is 3. The van der Waals surface area contributed by atoms with Gasteiger partial charge in [-0.1, -0.05) is 6.07 Å². The highest BCUT2D eigenvalue weighted by Crippen LogP contribution is 2.22. The zero-order valence-electron chi connectivity index (χ0n) is 11.8. The first-order chi connectivity index (χ1) is 9.63. The zero-order valence-corrected chi connectivity index (χ0v) is 13.4. The third-order valence-corrected chi connectivity index (χ3v) is 4.18.